The number of aryl methyl sites for hydroxylation is 3. The third kappa shape index (κ3) is 5.05. The molecule has 1 aromatic heterocycles. The molecule has 0 bridgehead atoms. The van der Waals surface area contributed by atoms with Gasteiger partial charge in [0.25, 0.3) is 5.91 Å². The second kappa shape index (κ2) is 10.0. The lowest BCUT2D eigenvalue weighted by Crippen LogP contribution is -2.36. The van der Waals surface area contributed by atoms with Gasteiger partial charge in [-0.15, -0.1) is 0 Å². The molecule has 0 saturated heterocycles. The van der Waals surface area contributed by atoms with Crippen LogP contribution in [0.5, 0.6) is 0 Å². The van der Waals surface area contributed by atoms with Crippen LogP contribution >= 0.6 is 11.6 Å². The van der Waals surface area contributed by atoms with Crippen LogP contribution < -0.4 is 16.1 Å². The third-order valence-electron chi connectivity index (χ3n) is 5.78. The largest absolute Gasteiger partial charge is 0.328 e. The molecule has 3 amide bonds. The lowest BCUT2D eigenvalue weighted by Gasteiger charge is -2.15. The van der Waals surface area contributed by atoms with Gasteiger partial charge in [-0.2, -0.15) is 0 Å². The molecule has 178 valence electrons. The molecule has 8 heteroatoms. The Balaban J connectivity index is 1.66. The summed E-state index contributed by atoms with van der Waals surface area (Å²) in [6.45, 7) is 5.76. The SMILES string of the molecule is CCc1ccccc1NC(=O)C(=O)Nn1c(C(=O)Nc2c(C)cccc2C)cc2cc(Cl)ccc21. The summed E-state index contributed by atoms with van der Waals surface area (Å²) in [6, 6.07) is 19.6. The second-order valence-corrected chi connectivity index (χ2v) is 8.63. The molecule has 7 nitrogen and oxygen atoms in total. The normalized spacial score (nSPS) is 10.7. The van der Waals surface area contributed by atoms with Crippen molar-refractivity contribution in [2.75, 3.05) is 16.1 Å². The van der Waals surface area contributed by atoms with Gasteiger partial charge in [0.05, 0.1) is 5.52 Å². The van der Waals surface area contributed by atoms with Gasteiger partial charge in [0.1, 0.15) is 5.69 Å². The van der Waals surface area contributed by atoms with Gasteiger partial charge in [-0.25, -0.2) is 4.68 Å². The molecule has 35 heavy (non-hydrogen) atoms. The Morgan fingerprint density at radius 3 is 2.29 bits per heavy atom. The number of carbonyl (C=O) groups excluding carboxylic acids is 3. The fourth-order valence-electron chi connectivity index (χ4n) is 3.94. The van der Waals surface area contributed by atoms with Crippen molar-refractivity contribution in [1.82, 2.24) is 4.68 Å². The van der Waals surface area contributed by atoms with Gasteiger partial charge in [-0.3, -0.25) is 19.8 Å². The minimum Gasteiger partial charge on any atom is -0.320 e. The van der Waals surface area contributed by atoms with E-state index in [0.29, 0.717) is 33.7 Å². The van der Waals surface area contributed by atoms with Gasteiger partial charge in [0.2, 0.25) is 0 Å². The maximum atomic E-state index is 13.3. The zero-order chi connectivity index (χ0) is 25.1. The number of nitrogens with one attached hydrogen (secondary N) is 3. The Morgan fingerprint density at radius 2 is 1.57 bits per heavy atom. The first-order valence-corrected chi connectivity index (χ1v) is 11.5. The van der Waals surface area contributed by atoms with Crippen LogP contribution in [0.3, 0.4) is 0 Å². The Kier molecular flexibility index (Phi) is 6.89. The third-order valence-corrected chi connectivity index (χ3v) is 6.02. The number of halogens is 1. The van der Waals surface area contributed by atoms with Crippen LogP contribution in [0.1, 0.15) is 34.1 Å². The predicted molar refractivity (Wildman–Crippen MR) is 140 cm³/mol. The molecule has 0 atom stereocenters. The molecule has 0 radical (unpaired) electrons. The Morgan fingerprint density at radius 1 is 0.857 bits per heavy atom. The molecule has 0 saturated carbocycles. The van der Waals surface area contributed by atoms with Gasteiger partial charge < -0.3 is 10.6 Å². The van der Waals surface area contributed by atoms with Crippen LogP contribution in [0, 0.1) is 13.8 Å². The molecule has 0 aliphatic heterocycles. The van der Waals surface area contributed by atoms with Crippen molar-refractivity contribution in [3.8, 4) is 0 Å². The lowest BCUT2D eigenvalue weighted by atomic mass is 10.1. The van der Waals surface area contributed by atoms with Gasteiger partial charge in [-0.1, -0.05) is 54.9 Å². The first-order chi connectivity index (χ1) is 16.8. The fourth-order valence-corrected chi connectivity index (χ4v) is 4.13. The van der Waals surface area contributed by atoms with Crippen LogP contribution in [0.2, 0.25) is 5.02 Å². The molecule has 0 fully saturated rings. The zero-order valence-electron chi connectivity index (χ0n) is 19.6. The van der Waals surface area contributed by atoms with Crippen molar-refractivity contribution in [1.29, 1.82) is 0 Å². The molecule has 0 spiro atoms. The second-order valence-electron chi connectivity index (χ2n) is 8.19. The Hall–Kier alpha value is -4.10. The van der Waals surface area contributed by atoms with E-state index in [4.69, 9.17) is 11.6 Å². The molecule has 0 unspecified atom stereocenters. The molecule has 0 aliphatic rings. The number of hydrogen-bond donors (Lipinski definition) is 3. The summed E-state index contributed by atoms with van der Waals surface area (Å²) in [5, 5.41) is 6.69. The molecule has 4 aromatic rings. The van der Waals surface area contributed by atoms with E-state index in [9.17, 15) is 14.4 Å². The highest BCUT2D eigenvalue weighted by molar-refractivity contribution is 6.42. The number of rotatable bonds is 5. The highest BCUT2D eigenvalue weighted by atomic mass is 35.5. The summed E-state index contributed by atoms with van der Waals surface area (Å²) < 4.78 is 1.31. The zero-order valence-corrected chi connectivity index (χ0v) is 20.4. The molecule has 3 aromatic carbocycles. The number of benzene rings is 3. The van der Waals surface area contributed by atoms with E-state index in [1.165, 1.54) is 4.68 Å². The minimum absolute atomic E-state index is 0.153. The van der Waals surface area contributed by atoms with Crippen molar-refractivity contribution in [3.05, 3.63) is 94.1 Å². The number of amides is 3. The first-order valence-electron chi connectivity index (χ1n) is 11.2. The number of anilines is 2. The minimum atomic E-state index is -0.913. The van der Waals surface area contributed by atoms with E-state index in [1.54, 1.807) is 36.4 Å². The molecular weight excluding hydrogens is 464 g/mol. The average Bonchev–Trinajstić information content (AvgIpc) is 3.19. The van der Waals surface area contributed by atoms with Crippen LogP contribution in [0.25, 0.3) is 10.9 Å². The van der Waals surface area contributed by atoms with Crippen LogP contribution in [0.4, 0.5) is 11.4 Å². The van der Waals surface area contributed by atoms with Crippen LogP contribution in [-0.2, 0) is 16.0 Å². The summed E-state index contributed by atoms with van der Waals surface area (Å²) in [4.78, 5) is 38.9. The van der Waals surface area contributed by atoms with Gasteiger partial charge in [0, 0.05) is 21.8 Å². The van der Waals surface area contributed by atoms with E-state index < -0.39 is 17.7 Å². The monoisotopic (exact) mass is 488 g/mol. The highest BCUT2D eigenvalue weighted by Gasteiger charge is 2.22. The van der Waals surface area contributed by atoms with E-state index >= 15 is 0 Å². The topological polar surface area (TPSA) is 92.2 Å². The maximum Gasteiger partial charge on any atom is 0.328 e. The van der Waals surface area contributed by atoms with E-state index in [-0.39, 0.29) is 5.69 Å². The molecule has 4 rings (SSSR count). The number of para-hydroxylation sites is 2. The average molecular weight is 489 g/mol. The number of hydrogen-bond acceptors (Lipinski definition) is 3. The van der Waals surface area contributed by atoms with Crippen molar-refractivity contribution in [2.45, 2.75) is 27.2 Å². The van der Waals surface area contributed by atoms with Crippen molar-refractivity contribution < 1.29 is 14.4 Å². The van der Waals surface area contributed by atoms with E-state index in [0.717, 1.165) is 16.7 Å². The molecule has 1 heterocycles. The highest BCUT2D eigenvalue weighted by Crippen LogP contribution is 2.25. The van der Waals surface area contributed by atoms with Crippen molar-refractivity contribution in [2.24, 2.45) is 0 Å². The van der Waals surface area contributed by atoms with Crippen LogP contribution in [-0.4, -0.2) is 22.4 Å². The summed E-state index contributed by atoms with van der Waals surface area (Å²) in [5.41, 5.74) is 7.21. The first kappa shape index (κ1) is 24.0. The fraction of sp³-hybridized carbons (Fsp3) is 0.148. The summed E-state index contributed by atoms with van der Waals surface area (Å²) in [6.07, 6.45) is 0.698. The van der Waals surface area contributed by atoms with Gasteiger partial charge in [0.15, 0.2) is 0 Å². The number of fused-ring (bicyclic) bond motifs is 1. The van der Waals surface area contributed by atoms with E-state index in [2.05, 4.69) is 16.1 Å². The number of nitrogens with zero attached hydrogens (tertiary/aromatic N) is 1. The summed E-state index contributed by atoms with van der Waals surface area (Å²) in [5.74, 6) is -2.20. The number of aromatic nitrogens is 1. The quantitative estimate of drug-likeness (QED) is 0.327. The summed E-state index contributed by atoms with van der Waals surface area (Å²) >= 11 is 6.14. The Bertz CT molecular complexity index is 1440. The Labute approximate surface area is 208 Å². The molecular formula is C27H25ClN4O3. The standard InChI is InChI=1S/C27H25ClN4O3/c1-4-18-10-5-6-11-21(18)29-26(34)27(35)31-32-22-13-12-20(28)14-19(22)15-23(32)25(33)30-24-16(2)8-7-9-17(24)3/h5-15H,4H2,1-3H3,(H,29,34)(H,30,33)(H,31,35). The van der Waals surface area contributed by atoms with E-state index in [1.807, 2.05) is 51.1 Å². The van der Waals surface area contributed by atoms with Crippen molar-refractivity contribution in [3.63, 3.8) is 0 Å². The van der Waals surface area contributed by atoms with Crippen LogP contribution in [0.15, 0.2) is 66.7 Å². The van der Waals surface area contributed by atoms with Gasteiger partial charge in [-0.05, 0) is 67.3 Å². The molecule has 3 N–H and O–H groups in total. The summed E-state index contributed by atoms with van der Waals surface area (Å²) in [7, 11) is 0. The number of carbonyl (C=O) groups is 3. The van der Waals surface area contributed by atoms with Crippen molar-refractivity contribution >= 4 is 51.6 Å². The maximum absolute atomic E-state index is 13.3. The molecule has 0 aliphatic carbocycles. The predicted octanol–water partition coefficient (Wildman–Crippen LogP) is 5.44. The van der Waals surface area contributed by atoms with Gasteiger partial charge >= 0.3 is 11.8 Å². The lowest BCUT2D eigenvalue weighted by molar-refractivity contribution is -0.133. The smallest absolute Gasteiger partial charge is 0.320 e.